The molecule has 0 aliphatic carbocycles. The van der Waals surface area contributed by atoms with E-state index in [0.717, 1.165) is 88.0 Å². The highest BCUT2D eigenvalue weighted by Crippen LogP contribution is 2.49. The Labute approximate surface area is 503 Å². The number of para-hydroxylation sites is 9. The molecule has 11 aromatic carbocycles. The fourth-order valence-electron chi connectivity index (χ4n) is 12.5. The van der Waals surface area contributed by atoms with Crippen molar-refractivity contribution in [3.05, 3.63) is 239 Å². The molecule has 0 N–H and O–H groups in total. The summed E-state index contributed by atoms with van der Waals surface area (Å²) in [6.45, 7) is 8.34. The lowest BCUT2D eigenvalue weighted by atomic mass is 9.78. The minimum Gasteiger partial charge on any atom is -0.453 e. The summed E-state index contributed by atoms with van der Waals surface area (Å²) in [5.74, 6) is 5.31. The zero-order valence-corrected chi connectivity index (χ0v) is 48.8. The van der Waals surface area contributed by atoms with Crippen LogP contribution in [0.3, 0.4) is 0 Å². The Morgan fingerprint density at radius 3 is 1.07 bits per heavy atom. The predicted molar refractivity (Wildman–Crippen MR) is 351 cm³/mol. The van der Waals surface area contributed by atoms with Gasteiger partial charge in [0, 0.05) is 41.3 Å². The fourth-order valence-corrected chi connectivity index (χ4v) is 13.6. The quantitative estimate of drug-likeness (QED) is 0.165. The Bertz CT molecular complexity index is 4820. The number of ether oxygens (including phenoxy) is 3. The molecule has 4 aliphatic rings. The molecule has 18 rings (SSSR count). The van der Waals surface area contributed by atoms with Crippen molar-refractivity contribution in [2.45, 2.75) is 46.3 Å². The maximum atomic E-state index is 6.32. The summed E-state index contributed by atoms with van der Waals surface area (Å²) in [5.41, 5.74) is 15.2. The van der Waals surface area contributed by atoms with Crippen molar-refractivity contribution >= 4 is 110 Å². The molecule has 7 heterocycles. The second-order valence-corrected chi connectivity index (χ2v) is 24.4. The number of nitrogens with zero attached hydrogens (tertiary/aromatic N) is 3. The number of aromatic nitrogens is 3. The molecular formula is C73H54BBr2N3O5. The third-order valence-electron chi connectivity index (χ3n) is 17.1. The van der Waals surface area contributed by atoms with Gasteiger partial charge in [0.2, 0.25) is 0 Å². The topological polar surface area (TPSA) is 60.9 Å². The van der Waals surface area contributed by atoms with Crippen molar-refractivity contribution in [3.8, 4) is 73.8 Å². The van der Waals surface area contributed by atoms with Crippen molar-refractivity contribution < 1.29 is 23.5 Å². The van der Waals surface area contributed by atoms with Gasteiger partial charge >= 0.3 is 7.12 Å². The lowest BCUT2D eigenvalue weighted by Gasteiger charge is -2.32. The van der Waals surface area contributed by atoms with E-state index in [1.165, 1.54) is 65.6 Å². The van der Waals surface area contributed by atoms with Crippen molar-refractivity contribution in [2.24, 2.45) is 0 Å². The van der Waals surface area contributed by atoms with Gasteiger partial charge in [-0.3, -0.25) is 0 Å². The standard InChI is InChI=1S/C42H24N2O2.C24H22BNO3.C6H4Br2.CH4/c1-3-14-37-35(12-1)43-33-20-18-27(23-31(33)29-10-6-16-39(45-37)41(29)43)25-8-5-9-26(22-25)28-19-21-34-32(24-28)30-11-7-17-40-42(30)44(34)36-13-2-4-15-38(36)46-40;1-23(2)24(3,4)29-25(28-23)15-12-13-18-17(14-15)16-8-7-11-21-22(16)26(18)19-9-5-6-10-20(19)27-21;7-5-2-1-3-6(8)4-5;/h1-24H;5-14H,1-4H3;1-4H;1H4. The molecule has 1 fully saturated rings. The molecular weight excluding hydrogens is 1170 g/mol. The first-order valence-corrected chi connectivity index (χ1v) is 29.4. The summed E-state index contributed by atoms with van der Waals surface area (Å²) in [6.07, 6.45) is 0. The Morgan fingerprint density at radius 1 is 0.321 bits per heavy atom. The Balaban J connectivity index is 0.000000135. The number of hydrogen-bond donors (Lipinski definition) is 0. The lowest BCUT2D eigenvalue weighted by Crippen LogP contribution is -2.41. The van der Waals surface area contributed by atoms with Gasteiger partial charge in [-0.15, -0.1) is 0 Å². The van der Waals surface area contributed by atoms with Gasteiger partial charge in [-0.1, -0.05) is 161 Å². The van der Waals surface area contributed by atoms with Crippen LogP contribution in [0.15, 0.2) is 239 Å². The molecule has 0 amide bonds. The van der Waals surface area contributed by atoms with E-state index in [9.17, 15) is 0 Å². The number of hydrogen-bond acceptors (Lipinski definition) is 5. The van der Waals surface area contributed by atoms with Crippen molar-refractivity contribution in [1.29, 1.82) is 0 Å². The molecule has 0 spiro atoms. The van der Waals surface area contributed by atoms with Gasteiger partial charge in [0.15, 0.2) is 34.5 Å². The van der Waals surface area contributed by atoms with Gasteiger partial charge in [-0.25, -0.2) is 0 Å². The normalized spacial score (nSPS) is 14.3. The molecule has 0 radical (unpaired) electrons. The predicted octanol–water partition coefficient (Wildman–Crippen LogP) is 20.5. The van der Waals surface area contributed by atoms with Crippen LogP contribution in [0.1, 0.15) is 35.1 Å². The smallest absolute Gasteiger partial charge is 0.453 e. The molecule has 408 valence electrons. The first-order valence-electron chi connectivity index (χ1n) is 27.9. The van der Waals surface area contributed by atoms with E-state index < -0.39 is 0 Å². The van der Waals surface area contributed by atoms with E-state index in [1.54, 1.807) is 0 Å². The molecule has 0 saturated carbocycles. The Hall–Kier alpha value is -8.84. The monoisotopic (exact) mass is 1220 g/mol. The highest BCUT2D eigenvalue weighted by molar-refractivity contribution is 9.11. The van der Waals surface area contributed by atoms with Gasteiger partial charge in [0.25, 0.3) is 0 Å². The van der Waals surface area contributed by atoms with Gasteiger partial charge in [0.05, 0.1) is 61.4 Å². The molecule has 4 aliphatic heterocycles. The molecule has 0 unspecified atom stereocenters. The van der Waals surface area contributed by atoms with Gasteiger partial charge in [-0.05, 0) is 165 Å². The third kappa shape index (κ3) is 8.15. The molecule has 3 aromatic heterocycles. The van der Waals surface area contributed by atoms with E-state index >= 15 is 0 Å². The van der Waals surface area contributed by atoms with Crippen molar-refractivity contribution in [3.63, 3.8) is 0 Å². The van der Waals surface area contributed by atoms with Crippen LogP contribution in [-0.2, 0) is 9.31 Å². The van der Waals surface area contributed by atoms with Crippen molar-refractivity contribution in [1.82, 2.24) is 13.7 Å². The van der Waals surface area contributed by atoms with Gasteiger partial charge in [-0.2, -0.15) is 0 Å². The fraction of sp³-hybridized carbons (Fsp3) is 0.0959. The van der Waals surface area contributed by atoms with Crippen LogP contribution in [0.5, 0.6) is 34.5 Å². The largest absolute Gasteiger partial charge is 0.494 e. The second kappa shape index (κ2) is 19.6. The molecule has 11 heteroatoms. The van der Waals surface area contributed by atoms with Gasteiger partial charge in [0.1, 0.15) is 0 Å². The summed E-state index contributed by atoms with van der Waals surface area (Å²) in [7, 11) is -0.375. The molecule has 1 saturated heterocycles. The highest BCUT2D eigenvalue weighted by Gasteiger charge is 2.52. The molecule has 84 heavy (non-hydrogen) atoms. The van der Waals surface area contributed by atoms with E-state index in [-0.39, 0.29) is 25.7 Å². The van der Waals surface area contributed by atoms with E-state index in [2.05, 4.69) is 231 Å². The number of benzene rings is 11. The average Bonchev–Trinajstić information content (AvgIpc) is 2.11. The summed E-state index contributed by atoms with van der Waals surface area (Å²) >= 11 is 6.66. The summed E-state index contributed by atoms with van der Waals surface area (Å²) < 4.78 is 40.6. The minimum absolute atomic E-state index is 0. The van der Waals surface area contributed by atoms with Crippen LogP contribution >= 0.6 is 31.9 Å². The number of halogens is 2. The molecule has 0 bridgehead atoms. The van der Waals surface area contributed by atoms with Crippen LogP contribution in [-0.4, -0.2) is 32.0 Å². The van der Waals surface area contributed by atoms with Crippen LogP contribution in [0.25, 0.3) is 105 Å². The van der Waals surface area contributed by atoms with Crippen LogP contribution in [0.4, 0.5) is 0 Å². The zero-order chi connectivity index (χ0) is 55.9. The van der Waals surface area contributed by atoms with E-state index in [0.29, 0.717) is 0 Å². The molecule has 8 nitrogen and oxygen atoms in total. The number of fused-ring (bicyclic) bond motifs is 15. The van der Waals surface area contributed by atoms with E-state index in [1.807, 2.05) is 72.8 Å². The zero-order valence-electron chi connectivity index (χ0n) is 45.7. The summed E-state index contributed by atoms with van der Waals surface area (Å²) in [5, 5.41) is 7.18. The average molecular weight is 1220 g/mol. The third-order valence-corrected chi connectivity index (χ3v) is 18.1. The Kier molecular flexibility index (Phi) is 12.2. The first-order chi connectivity index (χ1) is 40.4. The van der Waals surface area contributed by atoms with Crippen LogP contribution in [0.2, 0.25) is 0 Å². The van der Waals surface area contributed by atoms with Crippen LogP contribution < -0.4 is 19.7 Å². The summed E-state index contributed by atoms with van der Waals surface area (Å²) in [4.78, 5) is 0. The maximum absolute atomic E-state index is 6.32. The Morgan fingerprint density at radius 2 is 0.667 bits per heavy atom. The SMILES string of the molecule is Brc1cccc(Br)c1.C.CC1(C)OB(c2ccc3c(c2)c2cccc4c2n3-c2ccccc2O4)OC1(C)C.c1cc(-c2ccc3c(c2)c2cccc4c2n3-c2ccccc2O4)cc(-c2ccc3c(c2)c2cccc4c2n3-c2ccccc2O4)c1. The van der Waals surface area contributed by atoms with Crippen LogP contribution in [0, 0.1) is 0 Å². The highest BCUT2D eigenvalue weighted by atomic mass is 79.9. The second-order valence-electron chi connectivity index (χ2n) is 22.5. The van der Waals surface area contributed by atoms with Crippen molar-refractivity contribution in [2.75, 3.05) is 0 Å². The summed E-state index contributed by atoms with van der Waals surface area (Å²) in [6, 6.07) is 80.6. The lowest BCUT2D eigenvalue weighted by molar-refractivity contribution is 0.00578. The minimum atomic E-state index is -0.375. The van der Waals surface area contributed by atoms with E-state index in [4.69, 9.17) is 23.5 Å². The number of rotatable bonds is 3. The maximum Gasteiger partial charge on any atom is 0.494 e. The molecule has 0 atom stereocenters. The molecule has 14 aromatic rings. The van der Waals surface area contributed by atoms with Gasteiger partial charge < -0.3 is 37.2 Å². The first kappa shape index (κ1) is 52.0.